The summed E-state index contributed by atoms with van der Waals surface area (Å²) in [5, 5.41) is 5.16. The summed E-state index contributed by atoms with van der Waals surface area (Å²) in [6, 6.07) is 11.6. The monoisotopic (exact) mass is 399 g/mol. The van der Waals surface area contributed by atoms with Gasteiger partial charge in [0.1, 0.15) is 0 Å². The van der Waals surface area contributed by atoms with Gasteiger partial charge < -0.3 is 15.0 Å². The van der Waals surface area contributed by atoms with Crippen molar-refractivity contribution in [3.05, 3.63) is 52.2 Å². The van der Waals surface area contributed by atoms with Crippen LogP contribution in [0.25, 0.3) is 0 Å². The first-order valence-electron chi connectivity index (χ1n) is 9.76. The van der Waals surface area contributed by atoms with Crippen molar-refractivity contribution in [2.24, 2.45) is 0 Å². The lowest BCUT2D eigenvalue weighted by molar-refractivity contribution is -0.117. The molecule has 148 valence electrons. The molecule has 2 aliphatic heterocycles. The van der Waals surface area contributed by atoms with Crippen LogP contribution in [0.4, 0.5) is 5.69 Å². The fourth-order valence-corrected chi connectivity index (χ4v) is 4.65. The Bertz CT molecular complexity index is 801. The number of anilines is 1. The Hall–Kier alpha value is -2.22. The van der Waals surface area contributed by atoms with Gasteiger partial charge in [-0.1, -0.05) is 6.07 Å². The highest BCUT2D eigenvalue weighted by molar-refractivity contribution is 7.10. The lowest BCUT2D eigenvalue weighted by Gasteiger charge is -2.34. The van der Waals surface area contributed by atoms with Gasteiger partial charge in [-0.25, -0.2) is 0 Å². The third-order valence-electron chi connectivity index (χ3n) is 5.33. The normalized spacial score (nSPS) is 19.0. The molecule has 2 fully saturated rings. The van der Waals surface area contributed by atoms with E-state index in [1.54, 1.807) is 28.4 Å². The van der Waals surface area contributed by atoms with Crippen molar-refractivity contribution >= 4 is 28.8 Å². The van der Waals surface area contributed by atoms with Crippen molar-refractivity contribution in [3.63, 3.8) is 0 Å². The summed E-state index contributed by atoms with van der Waals surface area (Å²) in [6.45, 7) is 4.52. The van der Waals surface area contributed by atoms with Gasteiger partial charge >= 0.3 is 0 Å². The van der Waals surface area contributed by atoms with E-state index in [4.69, 9.17) is 4.74 Å². The summed E-state index contributed by atoms with van der Waals surface area (Å²) in [5.74, 6) is 0.0654. The zero-order chi connectivity index (χ0) is 19.3. The van der Waals surface area contributed by atoms with E-state index in [9.17, 15) is 9.59 Å². The zero-order valence-electron chi connectivity index (χ0n) is 15.8. The summed E-state index contributed by atoms with van der Waals surface area (Å²) >= 11 is 1.72. The third-order valence-corrected chi connectivity index (χ3v) is 6.30. The lowest BCUT2D eigenvalue weighted by Crippen LogP contribution is -2.43. The van der Waals surface area contributed by atoms with E-state index in [0.29, 0.717) is 18.5 Å². The van der Waals surface area contributed by atoms with Gasteiger partial charge in [0.15, 0.2) is 0 Å². The van der Waals surface area contributed by atoms with Crippen molar-refractivity contribution in [1.82, 2.24) is 10.2 Å². The molecule has 0 radical (unpaired) electrons. The highest BCUT2D eigenvalue weighted by Gasteiger charge is 2.25. The standard InChI is InChI=1S/C21H25N3O3S/c25-20-4-1-9-24(20)17-7-5-16(6-8-17)21(26)22-15-18(19-3-2-14-28-19)23-10-12-27-13-11-23/h2-3,5-8,14,18H,1,4,9-13,15H2,(H,22,26)/t18-/m1/s1. The molecule has 28 heavy (non-hydrogen) atoms. The van der Waals surface area contributed by atoms with Crippen LogP contribution < -0.4 is 10.2 Å². The molecule has 2 aromatic rings. The minimum Gasteiger partial charge on any atom is -0.379 e. The van der Waals surface area contributed by atoms with E-state index in [0.717, 1.165) is 45.0 Å². The Morgan fingerprint density at radius 1 is 1.14 bits per heavy atom. The predicted molar refractivity (Wildman–Crippen MR) is 110 cm³/mol. The molecule has 1 aromatic heterocycles. The van der Waals surface area contributed by atoms with Gasteiger partial charge in [-0.05, 0) is 42.1 Å². The van der Waals surface area contributed by atoms with Gasteiger partial charge in [-0.15, -0.1) is 11.3 Å². The number of nitrogens with zero attached hydrogens (tertiary/aromatic N) is 2. The van der Waals surface area contributed by atoms with Crippen LogP contribution in [0.5, 0.6) is 0 Å². The molecule has 0 bridgehead atoms. The molecular weight excluding hydrogens is 374 g/mol. The second-order valence-corrected chi connectivity index (χ2v) is 8.06. The number of ether oxygens (including phenoxy) is 1. The van der Waals surface area contributed by atoms with Gasteiger partial charge in [0.05, 0.1) is 19.3 Å². The molecule has 7 heteroatoms. The number of thiophene rings is 1. The first-order valence-corrected chi connectivity index (χ1v) is 10.6. The number of morpholine rings is 1. The van der Waals surface area contributed by atoms with E-state index >= 15 is 0 Å². The van der Waals surface area contributed by atoms with Gasteiger partial charge in [-0.3, -0.25) is 14.5 Å². The number of rotatable bonds is 6. The summed E-state index contributed by atoms with van der Waals surface area (Å²) in [6.07, 6.45) is 1.50. The molecule has 1 N–H and O–H groups in total. The lowest BCUT2D eigenvalue weighted by atomic mass is 10.1. The minimum absolute atomic E-state index is 0.0888. The van der Waals surface area contributed by atoms with Crippen LogP contribution in [0.3, 0.4) is 0 Å². The van der Waals surface area contributed by atoms with E-state index in [-0.39, 0.29) is 17.9 Å². The van der Waals surface area contributed by atoms with E-state index in [1.165, 1.54) is 4.88 Å². The van der Waals surface area contributed by atoms with Crippen molar-refractivity contribution in [3.8, 4) is 0 Å². The molecule has 2 aliphatic rings. The second kappa shape index (κ2) is 8.86. The average Bonchev–Trinajstić information content (AvgIpc) is 3.41. The third kappa shape index (κ3) is 4.27. The molecule has 0 saturated carbocycles. The number of hydrogen-bond acceptors (Lipinski definition) is 5. The highest BCUT2D eigenvalue weighted by Crippen LogP contribution is 2.26. The number of carbonyl (C=O) groups excluding carboxylic acids is 2. The fraction of sp³-hybridized carbons (Fsp3) is 0.429. The molecule has 2 amide bonds. The Kier molecular flexibility index (Phi) is 6.04. The minimum atomic E-state index is -0.0888. The summed E-state index contributed by atoms with van der Waals surface area (Å²) in [5.41, 5.74) is 1.48. The van der Waals surface area contributed by atoms with Crippen LogP contribution in [-0.2, 0) is 9.53 Å². The molecule has 2 saturated heterocycles. The van der Waals surface area contributed by atoms with E-state index in [1.807, 2.05) is 18.2 Å². The van der Waals surface area contributed by atoms with Gasteiger partial charge in [0, 0.05) is 48.7 Å². The highest BCUT2D eigenvalue weighted by atomic mass is 32.1. The summed E-state index contributed by atoms with van der Waals surface area (Å²) in [4.78, 5) is 29.9. The zero-order valence-corrected chi connectivity index (χ0v) is 16.6. The molecule has 0 spiro atoms. The topological polar surface area (TPSA) is 61.9 Å². The fourth-order valence-electron chi connectivity index (χ4n) is 3.78. The number of nitrogens with one attached hydrogen (secondary N) is 1. The van der Waals surface area contributed by atoms with Crippen molar-refractivity contribution in [2.45, 2.75) is 18.9 Å². The molecule has 6 nitrogen and oxygen atoms in total. The summed E-state index contributed by atoms with van der Waals surface area (Å²) in [7, 11) is 0. The molecular formula is C21H25N3O3S. The van der Waals surface area contributed by atoms with Crippen LogP contribution in [0.15, 0.2) is 41.8 Å². The number of hydrogen-bond donors (Lipinski definition) is 1. The van der Waals surface area contributed by atoms with Gasteiger partial charge in [0.25, 0.3) is 5.91 Å². The van der Waals surface area contributed by atoms with Gasteiger partial charge in [0.2, 0.25) is 5.91 Å². The van der Waals surface area contributed by atoms with Crippen molar-refractivity contribution in [2.75, 3.05) is 44.3 Å². The molecule has 0 aliphatic carbocycles. The Morgan fingerprint density at radius 3 is 2.57 bits per heavy atom. The Morgan fingerprint density at radius 2 is 1.93 bits per heavy atom. The number of benzene rings is 1. The predicted octanol–water partition coefficient (Wildman–Crippen LogP) is 2.68. The first kappa shape index (κ1) is 19.1. The van der Waals surface area contributed by atoms with Crippen LogP contribution in [0.1, 0.15) is 34.1 Å². The maximum absolute atomic E-state index is 12.7. The van der Waals surface area contributed by atoms with E-state index < -0.39 is 0 Å². The average molecular weight is 400 g/mol. The molecule has 1 atom stereocenters. The maximum atomic E-state index is 12.7. The van der Waals surface area contributed by atoms with Crippen LogP contribution in [0.2, 0.25) is 0 Å². The number of carbonyl (C=O) groups is 2. The number of amides is 2. The van der Waals surface area contributed by atoms with E-state index in [2.05, 4.69) is 21.7 Å². The second-order valence-electron chi connectivity index (χ2n) is 7.09. The Labute approximate surface area is 169 Å². The Balaban J connectivity index is 1.40. The summed E-state index contributed by atoms with van der Waals surface area (Å²) < 4.78 is 5.47. The molecule has 1 aromatic carbocycles. The maximum Gasteiger partial charge on any atom is 0.251 e. The van der Waals surface area contributed by atoms with Crippen LogP contribution in [-0.4, -0.2) is 56.1 Å². The van der Waals surface area contributed by atoms with Crippen LogP contribution >= 0.6 is 11.3 Å². The van der Waals surface area contributed by atoms with Gasteiger partial charge in [-0.2, -0.15) is 0 Å². The molecule has 0 unspecified atom stereocenters. The van der Waals surface area contributed by atoms with Crippen LogP contribution in [0, 0.1) is 0 Å². The van der Waals surface area contributed by atoms with Crippen molar-refractivity contribution in [1.29, 1.82) is 0 Å². The molecule has 4 rings (SSSR count). The quantitative estimate of drug-likeness (QED) is 0.811. The largest absolute Gasteiger partial charge is 0.379 e. The smallest absolute Gasteiger partial charge is 0.251 e. The SMILES string of the molecule is O=C(NC[C@H](c1cccs1)N1CCOCC1)c1ccc(N2CCCC2=O)cc1. The molecule has 3 heterocycles. The van der Waals surface area contributed by atoms with Crippen molar-refractivity contribution < 1.29 is 14.3 Å². The first-order chi connectivity index (χ1) is 13.7.